The van der Waals surface area contributed by atoms with Crippen molar-refractivity contribution in [3.05, 3.63) is 44.5 Å². The van der Waals surface area contributed by atoms with Crippen LogP contribution in [-0.2, 0) is 23.1 Å². The van der Waals surface area contributed by atoms with Gasteiger partial charge in [0.2, 0.25) is 10.0 Å². The van der Waals surface area contributed by atoms with Crippen molar-refractivity contribution in [1.29, 1.82) is 0 Å². The van der Waals surface area contributed by atoms with Crippen LogP contribution >= 0.6 is 0 Å². The highest BCUT2D eigenvalue weighted by Crippen LogP contribution is 2.40. The van der Waals surface area contributed by atoms with Crippen molar-refractivity contribution >= 4 is 10.0 Å². The number of sulfonamides is 1. The van der Waals surface area contributed by atoms with Crippen molar-refractivity contribution in [2.45, 2.75) is 36.9 Å². The van der Waals surface area contributed by atoms with Crippen LogP contribution < -0.4 is 11.2 Å². The van der Waals surface area contributed by atoms with Gasteiger partial charge in [-0.15, -0.1) is 0 Å². The van der Waals surface area contributed by atoms with Crippen LogP contribution in [-0.4, -0.2) is 44.1 Å². The molecule has 1 saturated carbocycles. The zero-order chi connectivity index (χ0) is 17.8. The van der Waals surface area contributed by atoms with Crippen LogP contribution in [0.1, 0.15) is 30.3 Å². The average Bonchev–Trinajstić information content (AvgIpc) is 3.31. The summed E-state index contributed by atoms with van der Waals surface area (Å²) < 4.78 is 28.2. The summed E-state index contributed by atoms with van der Waals surface area (Å²) in [6.07, 6.45) is 2.23. The van der Waals surface area contributed by atoms with Gasteiger partial charge in [-0.25, -0.2) is 13.2 Å². The predicted molar refractivity (Wildman–Crippen MR) is 85.2 cm³/mol. The molecule has 0 aromatic carbocycles. The summed E-state index contributed by atoms with van der Waals surface area (Å²) in [4.78, 5) is 26.5. The standard InChI is InChI=1S/C14H17N5O5S/c20-12(8-1-2-8)10-5-9-7-18(3-4-19(9)17-10)25(23,24)11-6-15-14(22)16-13(11)21/h5-6,8,12,20H,1-4,7H2,(H2,15,16,21,22)/t12-/m0/s1. The van der Waals surface area contributed by atoms with Gasteiger partial charge in [0.05, 0.1) is 24.5 Å². The molecule has 2 aliphatic rings. The number of hydrogen-bond donors (Lipinski definition) is 3. The first-order valence-electron chi connectivity index (χ1n) is 7.93. The number of nitrogens with one attached hydrogen (secondary N) is 2. The van der Waals surface area contributed by atoms with Crippen LogP contribution in [0.5, 0.6) is 0 Å². The SMILES string of the molecule is O=c1[nH]cc(S(=O)(=O)N2CCn3nc([C@@H](O)C4CC4)cc3C2)c(=O)[nH]1. The second-order valence-corrected chi connectivity index (χ2v) is 8.25. The molecule has 0 radical (unpaired) electrons. The minimum atomic E-state index is -4.05. The summed E-state index contributed by atoms with van der Waals surface area (Å²) in [5, 5.41) is 14.5. The van der Waals surface area contributed by atoms with Crippen molar-refractivity contribution < 1.29 is 13.5 Å². The molecule has 3 heterocycles. The Labute approximate surface area is 142 Å². The summed E-state index contributed by atoms with van der Waals surface area (Å²) in [6.45, 7) is 0.521. The van der Waals surface area contributed by atoms with E-state index in [1.54, 1.807) is 10.7 Å². The van der Waals surface area contributed by atoms with Gasteiger partial charge < -0.3 is 10.1 Å². The highest BCUT2D eigenvalue weighted by Gasteiger charge is 2.35. The van der Waals surface area contributed by atoms with Crippen molar-refractivity contribution in [1.82, 2.24) is 24.1 Å². The van der Waals surface area contributed by atoms with Gasteiger partial charge in [0.25, 0.3) is 5.56 Å². The molecule has 1 aliphatic carbocycles. The fourth-order valence-electron chi connectivity index (χ4n) is 3.00. The molecule has 0 amide bonds. The minimum absolute atomic E-state index is 0.0469. The molecular formula is C14H17N5O5S. The number of nitrogens with zero attached hydrogens (tertiary/aromatic N) is 3. The largest absolute Gasteiger partial charge is 0.386 e. The Kier molecular flexibility index (Phi) is 3.67. The predicted octanol–water partition coefficient (Wildman–Crippen LogP) is -1.09. The van der Waals surface area contributed by atoms with Crippen LogP contribution in [0, 0.1) is 5.92 Å². The van der Waals surface area contributed by atoms with E-state index in [9.17, 15) is 23.1 Å². The maximum atomic E-state index is 12.7. The molecule has 1 atom stereocenters. The summed E-state index contributed by atoms with van der Waals surface area (Å²) in [7, 11) is -4.05. The van der Waals surface area contributed by atoms with Crippen LogP contribution in [0.25, 0.3) is 0 Å². The molecule has 0 unspecified atom stereocenters. The van der Waals surface area contributed by atoms with Gasteiger partial charge in [0.15, 0.2) is 4.90 Å². The fourth-order valence-corrected chi connectivity index (χ4v) is 4.39. The molecule has 1 fully saturated rings. The number of aromatic amines is 2. The first-order valence-corrected chi connectivity index (χ1v) is 9.37. The second kappa shape index (κ2) is 5.64. The number of rotatable bonds is 4. The van der Waals surface area contributed by atoms with Gasteiger partial charge >= 0.3 is 5.69 Å². The quantitative estimate of drug-likeness (QED) is 0.627. The van der Waals surface area contributed by atoms with E-state index in [4.69, 9.17) is 0 Å². The average molecular weight is 367 g/mol. The number of aliphatic hydroxyl groups is 1. The number of aliphatic hydroxyl groups excluding tert-OH is 1. The fraction of sp³-hybridized carbons (Fsp3) is 0.500. The first kappa shape index (κ1) is 16.2. The minimum Gasteiger partial charge on any atom is -0.386 e. The third-order valence-electron chi connectivity index (χ3n) is 4.56. The third-order valence-corrected chi connectivity index (χ3v) is 6.41. The maximum Gasteiger partial charge on any atom is 0.325 e. The van der Waals surface area contributed by atoms with E-state index in [-0.39, 0.29) is 19.0 Å². The molecule has 0 spiro atoms. The van der Waals surface area contributed by atoms with Gasteiger partial charge in [0, 0.05) is 12.7 Å². The summed E-state index contributed by atoms with van der Waals surface area (Å²) in [5.41, 5.74) is -0.504. The molecule has 0 saturated heterocycles. The van der Waals surface area contributed by atoms with E-state index in [2.05, 4.69) is 10.1 Å². The monoisotopic (exact) mass is 367 g/mol. The lowest BCUT2D eigenvalue weighted by Gasteiger charge is -2.26. The third kappa shape index (κ3) is 2.83. The highest BCUT2D eigenvalue weighted by atomic mass is 32.2. The van der Waals surface area contributed by atoms with E-state index in [0.29, 0.717) is 17.9 Å². The lowest BCUT2D eigenvalue weighted by molar-refractivity contribution is 0.148. The van der Waals surface area contributed by atoms with E-state index < -0.39 is 32.3 Å². The number of fused-ring (bicyclic) bond motifs is 1. The smallest absolute Gasteiger partial charge is 0.325 e. The molecule has 0 bridgehead atoms. The normalized spacial score (nSPS) is 19.6. The van der Waals surface area contributed by atoms with E-state index in [1.807, 2.05) is 4.98 Å². The van der Waals surface area contributed by atoms with Gasteiger partial charge in [-0.05, 0) is 24.8 Å². The lowest BCUT2D eigenvalue weighted by atomic mass is 10.1. The van der Waals surface area contributed by atoms with Crippen LogP contribution in [0.15, 0.2) is 26.7 Å². The Morgan fingerprint density at radius 2 is 2.04 bits per heavy atom. The second-order valence-electron chi connectivity index (χ2n) is 6.34. The summed E-state index contributed by atoms with van der Waals surface area (Å²) in [6, 6.07) is 1.71. The van der Waals surface area contributed by atoms with Crippen molar-refractivity contribution in [3.8, 4) is 0 Å². The van der Waals surface area contributed by atoms with E-state index >= 15 is 0 Å². The van der Waals surface area contributed by atoms with Crippen LogP contribution in [0.3, 0.4) is 0 Å². The Morgan fingerprint density at radius 3 is 2.72 bits per heavy atom. The van der Waals surface area contributed by atoms with Gasteiger partial charge in [-0.3, -0.25) is 14.5 Å². The van der Waals surface area contributed by atoms with Crippen molar-refractivity contribution in [2.24, 2.45) is 5.92 Å². The van der Waals surface area contributed by atoms with Gasteiger partial charge in [-0.2, -0.15) is 9.40 Å². The zero-order valence-electron chi connectivity index (χ0n) is 13.2. The summed E-state index contributed by atoms with van der Waals surface area (Å²) >= 11 is 0. The maximum absolute atomic E-state index is 12.7. The Hall–Kier alpha value is -2.24. The molecule has 25 heavy (non-hydrogen) atoms. The topological polar surface area (TPSA) is 141 Å². The number of aromatic nitrogens is 4. The number of hydrogen-bond acceptors (Lipinski definition) is 6. The van der Waals surface area contributed by atoms with Crippen LogP contribution in [0.2, 0.25) is 0 Å². The molecule has 2 aromatic rings. The Morgan fingerprint density at radius 1 is 1.28 bits per heavy atom. The Bertz CT molecular complexity index is 1030. The molecule has 1 aliphatic heterocycles. The van der Waals surface area contributed by atoms with Crippen LogP contribution in [0.4, 0.5) is 0 Å². The van der Waals surface area contributed by atoms with Crippen molar-refractivity contribution in [2.75, 3.05) is 6.54 Å². The highest BCUT2D eigenvalue weighted by molar-refractivity contribution is 7.89. The zero-order valence-corrected chi connectivity index (χ0v) is 14.0. The molecule has 2 aromatic heterocycles. The first-order chi connectivity index (χ1) is 11.9. The Balaban J connectivity index is 1.63. The van der Waals surface area contributed by atoms with Gasteiger partial charge in [-0.1, -0.05) is 0 Å². The van der Waals surface area contributed by atoms with E-state index in [0.717, 1.165) is 19.0 Å². The summed E-state index contributed by atoms with van der Waals surface area (Å²) in [5.74, 6) is 0.233. The van der Waals surface area contributed by atoms with Gasteiger partial charge in [0.1, 0.15) is 6.10 Å². The molecule has 11 heteroatoms. The van der Waals surface area contributed by atoms with Crippen molar-refractivity contribution in [3.63, 3.8) is 0 Å². The van der Waals surface area contributed by atoms with E-state index in [1.165, 1.54) is 4.31 Å². The number of H-pyrrole nitrogens is 2. The lowest BCUT2D eigenvalue weighted by Crippen LogP contribution is -2.41. The molecule has 134 valence electrons. The molecule has 3 N–H and O–H groups in total. The molecule has 10 nitrogen and oxygen atoms in total. The molecular weight excluding hydrogens is 350 g/mol. The molecule has 4 rings (SSSR count).